The van der Waals surface area contributed by atoms with E-state index in [0.29, 0.717) is 21.3 Å². The van der Waals surface area contributed by atoms with Crippen LogP contribution < -0.4 is 9.62 Å². The third kappa shape index (κ3) is 7.89. The molecule has 10 heteroatoms. The first-order valence-electron chi connectivity index (χ1n) is 10.7. The number of amides is 2. The average molecular weight is 529 g/mol. The molecule has 0 aliphatic carbocycles. The third-order valence-corrected chi connectivity index (χ3v) is 6.65. The van der Waals surface area contributed by atoms with E-state index in [9.17, 15) is 18.0 Å². The van der Waals surface area contributed by atoms with Crippen molar-refractivity contribution in [3.05, 3.63) is 63.6 Å². The van der Waals surface area contributed by atoms with E-state index in [0.717, 1.165) is 16.1 Å². The zero-order valence-corrected chi connectivity index (χ0v) is 22.6. The van der Waals surface area contributed by atoms with Gasteiger partial charge in [0.2, 0.25) is 21.8 Å². The molecule has 0 aliphatic rings. The van der Waals surface area contributed by atoms with Gasteiger partial charge in [0.1, 0.15) is 12.6 Å². The van der Waals surface area contributed by atoms with Gasteiger partial charge < -0.3 is 10.2 Å². The lowest BCUT2D eigenvalue weighted by Crippen LogP contribution is -2.54. The highest BCUT2D eigenvalue weighted by Gasteiger charge is 2.31. The molecule has 0 spiro atoms. The summed E-state index contributed by atoms with van der Waals surface area (Å²) in [7, 11) is -3.81. The summed E-state index contributed by atoms with van der Waals surface area (Å²) in [5.41, 5.74) is 1.20. The number of rotatable bonds is 8. The molecule has 1 unspecified atom stereocenters. The summed E-state index contributed by atoms with van der Waals surface area (Å²) >= 11 is 12.0. The van der Waals surface area contributed by atoms with Crippen LogP contribution >= 0.6 is 23.2 Å². The molecule has 186 valence electrons. The molecule has 2 aromatic rings. The van der Waals surface area contributed by atoms with E-state index >= 15 is 0 Å². The zero-order chi connectivity index (χ0) is 25.8. The topological polar surface area (TPSA) is 86.8 Å². The molecule has 1 atom stereocenters. The molecule has 7 nitrogen and oxygen atoms in total. The first-order chi connectivity index (χ1) is 15.6. The van der Waals surface area contributed by atoms with Crippen LogP contribution in [0.3, 0.4) is 0 Å². The maximum absolute atomic E-state index is 13.5. The molecule has 2 rings (SSSR count). The smallest absolute Gasteiger partial charge is 0.244 e. The summed E-state index contributed by atoms with van der Waals surface area (Å²) in [6.07, 6.45) is 1.04. The second-order valence-electron chi connectivity index (χ2n) is 9.26. The summed E-state index contributed by atoms with van der Waals surface area (Å²) in [4.78, 5) is 27.8. The quantitative estimate of drug-likeness (QED) is 0.551. The Kier molecular flexibility index (Phi) is 9.02. The van der Waals surface area contributed by atoms with E-state index in [1.54, 1.807) is 56.3 Å². The average Bonchev–Trinajstić information content (AvgIpc) is 2.69. The maximum Gasteiger partial charge on any atom is 0.244 e. The SMILES string of the molecule is Cc1cc(Cl)ccc1N(CC(=O)N(Cc1ccc(Cl)cc1)C(C)C(=O)NC(C)(C)C)S(C)(=O)=O. The van der Waals surface area contributed by atoms with E-state index in [1.165, 1.54) is 4.90 Å². The van der Waals surface area contributed by atoms with Crippen LogP contribution in [0.5, 0.6) is 0 Å². The summed E-state index contributed by atoms with van der Waals surface area (Å²) in [6.45, 7) is 8.50. The van der Waals surface area contributed by atoms with E-state index in [1.807, 2.05) is 20.8 Å². The number of hydrogen-bond acceptors (Lipinski definition) is 4. The minimum absolute atomic E-state index is 0.103. The Labute approximate surface area is 212 Å². The van der Waals surface area contributed by atoms with Crippen molar-refractivity contribution in [3.8, 4) is 0 Å². The van der Waals surface area contributed by atoms with Gasteiger partial charge in [-0.15, -0.1) is 0 Å². The normalized spacial score (nSPS) is 12.7. The van der Waals surface area contributed by atoms with Crippen LogP contribution in [0.2, 0.25) is 10.0 Å². The predicted molar refractivity (Wildman–Crippen MR) is 138 cm³/mol. The Balaban J connectivity index is 2.43. The molecule has 1 N–H and O–H groups in total. The third-order valence-electron chi connectivity index (χ3n) is 5.04. The van der Waals surface area contributed by atoms with Crippen LogP contribution in [0.15, 0.2) is 42.5 Å². The molecule has 0 saturated carbocycles. The largest absolute Gasteiger partial charge is 0.350 e. The predicted octanol–water partition coefficient (Wildman–Crippen LogP) is 4.40. The van der Waals surface area contributed by atoms with Gasteiger partial charge in [-0.2, -0.15) is 0 Å². The Morgan fingerprint density at radius 1 is 1.03 bits per heavy atom. The van der Waals surface area contributed by atoms with Crippen molar-refractivity contribution < 1.29 is 18.0 Å². The number of benzene rings is 2. The number of hydrogen-bond donors (Lipinski definition) is 1. The zero-order valence-electron chi connectivity index (χ0n) is 20.2. The Hall–Kier alpha value is -2.29. The van der Waals surface area contributed by atoms with Crippen molar-refractivity contribution in [1.82, 2.24) is 10.2 Å². The van der Waals surface area contributed by atoms with E-state index < -0.39 is 34.1 Å². The van der Waals surface area contributed by atoms with Gasteiger partial charge in [0, 0.05) is 22.1 Å². The molecule has 0 fully saturated rings. The molecule has 0 heterocycles. The standard InChI is InChI=1S/C24H31Cl2N3O4S/c1-16-13-20(26)11-12-21(16)29(34(6,32)33)15-22(30)28(14-18-7-9-19(25)10-8-18)17(2)23(31)27-24(3,4)5/h7-13,17H,14-15H2,1-6H3,(H,27,31). The number of sulfonamides is 1. The number of aryl methyl sites for hydroxylation is 1. The lowest BCUT2D eigenvalue weighted by atomic mass is 10.1. The number of nitrogens with zero attached hydrogens (tertiary/aromatic N) is 2. The fourth-order valence-electron chi connectivity index (χ4n) is 3.34. The lowest BCUT2D eigenvalue weighted by molar-refractivity contribution is -0.140. The summed E-state index contributed by atoms with van der Waals surface area (Å²) in [5, 5.41) is 3.88. The number of nitrogens with one attached hydrogen (secondary N) is 1. The number of carbonyl (C=O) groups excluding carboxylic acids is 2. The molecule has 0 radical (unpaired) electrons. The molecular weight excluding hydrogens is 497 g/mol. The van der Waals surface area contributed by atoms with Crippen LogP contribution in [-0.2, 0) is 26.2 Å². The molecule has 2 aromatic carbocycles. The van der Waals surface area contributed by atoms with Crippen molar-refractivity contribution in [1.29, 1.82) is 0 Å². The first kappa shape index (κ1) is 28.0. The highest BCUT2D eigenvalue weighted by atomic mass is 35.5. The van der Waals surface area contributed by atoms with Gasteiger partial charge in [-0.1, -0.05) is 35.3 Å². The van der Waals surface area contributed by atoms with Gasteiger partial charge in [-0.3, -0.25) is 13.9 Å². The highest BCUT2D eigenvalue weighted by molar-refractivity contribution is 7.92. The fraction of sp³-hybridized carbons (Fsp3) is 0.417. The second kappa shape index (κ2) is 11.0. The van der Waals surface area contributed by atoms with Gasteiger partial charge in [0.25, 0.3) is 0 Å². The molecule has 0 saturated heterocycles. The van der Waals surface area contributed by atoms with Gasteiger partial charge in [-0.25, -0.2) is 8.42 Å². The van der Waals surface area contributed by atoms with Gasteiger partial charge in [0.05, 0.1) is 11.9 Å². The number of carbonyl (C=O) groups is 2. The van der Waals surface area contributed by atoms with E-state index in [-0.39, 0.29) is 12.5 Å². The van der Waals surface area contributed by atoms with Crippen molar-refractivity contribution in [2.75, 3.05) is 17.1 Å². The fourth-order valence-corrected chi connectivity index (χ4v) is 4.60. The van der Waals surface area contributed by atoms with Crippen LogP contribution in [0.4, 0.5) is 5.69 Å². The van der Waals surface area contributed by atoms with Crippen LogP contribution in [-0.4, -0.2) is 49.5 Å². The lowest BCUT2D eigenvalue weighted by Gasteiger charge is -2.33. The van der Waals surface area contributed by atoms with Crippen molar-refractivity contribution in [2.45, 2.75) is 52.7 Å². The minimum atomic E-state index is -3.81. The summed E-state index contributed by atoms with van der Waals surface area (Å²) in [6, 6.07) is 10.8. The monoisotopic (exact) mass is 527 g/mol. The van der Waals surface area contributed by atoms with Crippen LogP contribution in [0.1, 0.15) is 38.8 Å². The van der Waals surface area contributed by atoms with E-state index in [2.05, 4.69) is 5.32 Å². The van der Waals surface area contributed by atoms with E-state index in [4.69, 9.17) is 23.2 Å². The number of halogens is 2. The Morgan fingerprint density at radius 3 is 2.09 bits per heavy atom. The first-order valence-corrected chi connectivity index (χ1v) is 13.3. The van der Waals surface area contributed by atoms with Crippen LogP contribution in [0.25, 0.3) is 0 Å². The molecule has 0 bridgehead atoms. The number of anilines is 1. The highest BCUT2D eigenvalue weighted by Crippen LogP contribution is 2.26. The molecular formula is C24H31Cl2N3O4S. The van der Waals surface area contributed by atoms with Gasteiger partial charge >= 0.3 is 0 Å². The van der Waals surface area contributed by atoms with Crippen molar-refractivity contribution in [2.24, 2.45) is 0 Å². The minimum Gasteiger partial charge on any atom is -0.350 e. The second-order valence-corrected chi connectivity index (χ2v) is 12.0. The Morgan fingerprint density at radius 2 is 1.59 bits per heavy atom. The molecule has 0 aromatic heterocycles. The van der Waals surface area contributed by atoms with Gasteiger partial charge in [-0.05, 0) is 76.1 Å². The van der Waals surface area contributed by atoms with Crippen LogP contribution in [0, 0.1) is 6.92 Å². The van der Waals surface area contributed by atoms with Crippen molar-refractivity contribution in [3.63, 3.8) is 0 Å². The summed E-state index contributed by atoms with van der Waals surface area (Å²) < 4.78 is 26.3. The van der Waals surface area contributed by atoms with Gasteiger partial charge in [0.15, 0.2) is 0 Å². The molecule has 34 heavy (non-hydrogen) atoms. The van der Waals surface area contributed by atoms with Crippen molar-refractivity contribution >= 4 is 50.7 Å². The Bertz CT molecular complexity index is 1150. The maximum atomic E-state index is 13.5. The molecule has 0 aliphatic heterocycles. The summed E-state index contributed by atoms with van der Waals surface area (Å²) in [5.74, 6) is -0.866. The molecule has 2 amide bonds.